The lowest BCUT2D eigenvalue weighted by atomic mass is 9.52. The molecule has 0 unspecified atom stereocenters. The Kier molecular flexibility index (Phi) is 5.03. The number of pyridine rings is 1. The van der Waals surface area contributed by atoms with Crippen LogP contribution in [0.5, 0.6) is 0 Å². The predicted molar refractivity (Wildman–Crippen MR) is 140 cm³/mol. The molecule has 4 nitrogen and oxygen atoms in total. The Hall–Kier alpha value is -2.72. The molecule has 0 spiro atoms. The van der Waals surface area contributed by atoms with E-state index in [2.05, 4.69) is 41.0 Å². The number of rotatable bonds is 3. The van der Waals surface area contributed by atoms with Gasteiger partial charge in [0.2, 0.25) is 0 Å². The molecule has 0 radical (unpaired) electrons. The van der Waals surface area contributed by atoms with Crippen LogP contribution in [0.25, 0.3) is 22.2 Å². The van der Waals surface area contributed by atoms with E-state index in [1.54, 1.807) is 0 Å². The molecule has 0 N–H and O–H groups in total. The highest BCUT2D eigenvalue weighted by molar-refractivity contribution is 6.07. The smallest absolute Gasteiger partial charge is 0.254 e. The Balaban J connectivity index is 1.14. The fraction of sp³-hybridized carbons (Fsp3) is 0.484. The number of hydrogen-bond acceptors (Lipinski definition) is 3. The molecule has 4 saturated carbocycles. The first kappa shape index (κ1) is 21.6. The first-order chi connectivity index (χ1) is 17.1. The van der Waals surface area contributed by atoms with Gasteiger partial charge < -0.3 is 4.90 Å². The van der Waals surface area contributed by atoms with Gasteiger partial charge in [-0.1, -0.05) is 48.0 Å². The maximum absolute atomic E-state index is 13.9. The Labute approximate surface area is 208 Å². The van der Waals surface area contributed by atoms with Gasteiger partial charge >= 0.3 is 0 Å². The van der Waals surface area contributed by atoms with Crippen LogP contribution in [-0.2, 0) is 0 Å². The minimum atomic E-state index is 0.155. The maximum Gasteiger partial charge on any atom is 0.254 e. The first-order valence-corrected chi connectivity index (χ1v) is 13.6. The molecule has 3 aromatic rings. The van der Waals surface area contributed by atoms with Crippen molar-refractivity contribution in [3.63, 3.8) is 0 Å². The van der Waals surface area contributed by atoms with E-state index >= 15 is 0 Å². The second-order valence-corrected chi connectivity index (χ2v) is 11.9. The number of benzene rings is 2. The van der Waals surface area contributed by atoms with Crippen molar-refractivity contribution in [3.05, 3.63) is 65.7 Å². The molecule has 2 heterocycles. The van der Waals surface area contributed by atoms with Crippen LogP contribution in [-0.4, -0.2) is 52.4 Å². The Morgan fingerprint density at radius 2 is 1.49 bits per heavy atom. The summed E-state index contributed by atoms with van der Waals surface area (Å²) in [5.74, 6) is 3.04. The molecule has 8 rings (SSSR count). The lowest BCUT2D eigenvalue weighted by Crippen LogP contribution is -2.64. The second kappa shape index (κ2) is 8.16. The number of para-hydroxylation sites is 1. The highest BCUT2D eigenvalue weighted by Gasteiger charge is 2.53. The third-order valence-corrected chi connectivity index (χ3v) is 9.54. The van der Waals surface area contributed by atoms with E-state index in [1.807, 2.05) is 30.3 Å². The molecule has 1 aliphatic heterocycles. The molecule has 4 heteroatoms. The average Bonchev–Trinajstić information content (AvgIpc) is 2.87. The molecule has 5 aliphatic rings. The van der Waals surface area contributed by atoms with Crippen LogP contribution in [0.1, 0.15) is 54.4 Å². The lowest BCUT2D eigenvalue weighted by molar-refractivity contribution is -0.0987. The van der Waals surface area contributed by atoms with Crippen molar-refractivity contribution in [2.45, 2.75) is 51.0 Å². The molecule has 0 atom stereocenters. The molecule has 180 valence electrons. The topological polar surface area (TPSA) is 36.4 Å². The summed E-state index contributed by atoms with van der Waals surface area (Å²) in [5, 5.41) is 0.955. The van der Waals surface area contributed by atoms with Crippen LogP contribution in [0.4, 0.5) is 0 Å². The SMILES string of the molecule is Cc1ccc(-c2cc(C(=O)N3CCN(C45CC6CC(CC(C6)C4)C5)CC3)c3ccccc3n2)cc1. The summed E-state index contributed by atoms with van der Waals surface area (Å²) in [4.78, 5) is 23.7. The Morgan fingerprint density at radius 3 is 2.14 bits per heavy atom. The van der Waals surface area contributed by atoms with Crippen LogP contribution < -0.4 is 0 Å². The quantitative estimate of drug-likeness (QED) is 0.481. The number of hydrogen-bond donors (Lipinski definition) is 0. The molecule has 2 aromatic carbocycles. The number of aromatic nitrogens is 1. The zero-order valence-electron chi connectivity index (χ0n) is 20.7. The van der Waals surface area contributed by atoms with Gasteiger partial charge in [-0.2, -0.15) is 0 Å². The van der Waals surface area contributed by atoms with Gasteiger partial charge in [0.05, 0.1) is 16.8 Å². The third-order valence-electron chi connectivity index (χ3n) is 9.54. The second-order valence-electron chi connectivity index (χ2n) is 11.9. The predicted octanol–water partition coefficient (Wildman–Crippen LogP) is 5.94. The summed E-state index contributed by atoms with van der Waals surface area (Å²) in [5.41, 5.74) is 5.27. The van der Waals surface area contributed by atoms with Crippen molar-refractivity contribution >= 4 is 16.8 Å². The molecule has 35 heavy (non-hydrogen) atoms. The number of carbonyl (C=O) groups excluding carboxylic acids is 1. The van der Waals surface area contributed by atoms with Crippen molar-refractivity contribution in [3.8, 4) is 11.3 Å². The van der Waals surface area contributed by atoms with E-state index in [0.29, 0.717) is 5.54 Å². The van der Waals surface area contributed by atoms with E-state index in [9.17, 15) is 4.79 Å². The van der Waals surface area contributed by atoms with E-state index in [1.165, 1.54) is 44.1 Å². The Bertz CT molecular complexity index is 1240. The van der Waals surface area contributed by atoms with E-state index in [-0.39, 0.29) is 5.91 Å². The number of amides is 1. The zero-order chi connectivity index (χ0) is 23.6. The minimum absolute atomic E-state index is 0.155. The number of piperazine rings is 1. The molecule has 1 saturated heterocycles. The zero-order valence-corrected chi connectivity index (χ0v) is 20.7. The number of carbonyl (C=O) groups is 1. The van der Waals surface area contributed by atoms with Crippen LogP contribution >= 0.6 is 0 Å². The van der Waals surface area contributed by atoms with Crippen LogP contribution in [0, 0.1) is 24.7 Å². The maximum atomic E-state index is 13.9. The molecular weight excluding hydrogens is 430 g/mol. The molecule has 4 bridgehead atoms. The van der Waals surface area contributed by atoms with Gasteiger partial charge in [0.25, 0.3) is 5.91 Å². The van der Waals surface area contributed by atoms with Gasteiger partial charge in [0.1, 0.15) is 0 Å². The highest BCUT2D eigenvalue weighted by atomic mass is 16.2. The van der Waals surface area contributed by atoms with Gasteiger partial charge in [-0.3, -0.25) is 9.69 Å². The van der Waals surface area contributed by atoms with Gasteiger partial charge in [-0.05, 0) is 75.3 Å². The monoisotopic (exact) mass is 465 g/mol. The molecule has 4 aliphatic carbocycles. The third kappa shape index (κ3) is 3.69. The van der Waals surface area contributed by atoms with Crippen LogP contribution in [0.3, 0.4) is 0 Å². The van der Waals surface area contributed by atoms with Crippen LogP contribution in [0.2, 0.25) is 0 Å². The van der Waals surface area contributed by atoms with E-state index in [0.717, 1.165) is 71.7 Å². The fourth-order valence-corrected chi connectivity index (χ4v) is 8.23. The summed E-state index contributed by atoms with van der Waals surface area (Å²) in [6, 6.07) is 18.5. The van der Waals surface area contributed by atoms with Gasteiger partial charge in [-0.25, -0.2) is 4.98 Å². The summed E-state index contributed by atoms with van der Waals surface area (Å²) in [7, 11) is 0. The summed E-state index contributed by atoms with van der Waals surface area (Å²) in [6.45, 7) is 5.79. The normalized spacial score (nSPS) is 30.2. The summed E-state index contributed by atoms with van der Waals surface area (Å²) in [6.07, 6.45) is 8.66. The summed E-state index contributed by atoms with van der Waals surface area (Å²) >= 11 is 0. The minimum Gasteiger partial charge on any atom is -0.336 e. The van der Waals surface area contributed by atoms with Gasteiger partial charge in [-0.15, -0.1) is 0 Å². The number of fused-ring (bicyclic) bond motifs is 1. The summed E-state index contributed by atoms with van der Waals surface area (Å²) < 4.78 is 0. The largest absolute Gasteiger partial charge is 0.336 e. The van der Waals surface area contributed by atoms with Gasteiger partial charge in [0, 0.05) is 42.7 Å². The van der Waals surface area contributed by atoms with E-state index < -0.39 is 0 Å². The van der Waals surface area contributed by atoms with Crippen molar-refractivity contribution in [1.29, 1.82) is 0 Å². The van der Waals surface area contributed by atoms with Crippen molar-refractivity contribution in [2.24, 2.45) is 17.8 Å². The number of aryl methyl sites for hydroxylation is 1. The highest BCUT2D eigenvalue weighted by Crippen LogP contribution is 2.57. The van der Waals surface area contributed by atoms with Crippen molar-refractivity contribution in [1.82, 2.24) is 14.8 Å². The Morgan fingerprint density at radius 1 is 0.857 bits per heavy atom. The molecule has 1 aromatic heterocycles. The molecule has 5 fully saturated rings. The number of nitrogens with zero attached hydrogens (tertiary/aromatic N) is 3. The van der Waals surface area contributed by atoms with Crippen molar-refractivity contribution < 1.29 is 4.79 Å². The molecular formula is C31H35N3O. The fourth-order valence-electron chi connectivity index (χ4n) is 8.23. The first-order valence-electron chi connectivity index (χ1n) is 13.6. The lowest BCUT2D eigenvalue weighted by Gasteiger charge is -2.61. The van der Waals surface area contributed by atoms with Crippen molar-refractivity contribution in [2.75, 3.05) is 26.2 Å². The van der Waals surface area contributed by atoms with E-state index in [4.69, 9.17) is 4.98 Å². The standard InChI is InChI=1S/C31H35N3O/c1-21-6-8-25(9-7-21)29-17-27(26-4-2-3-5-28(26)32-29)30(35)33-10-12-34(13-11-33)31-18-22-14-23(19-31)16-24(15-22)20-31/h2-9,17,22-24H,10-16,18-20H2,1H3. The molecule has 1 amide bonds. The van der Waals surface area contributed by atoms with Gasteiger partial charge in [0.15, 0.2) is 0 Å². The average molecular weight is 466 g/mol. The van der Waals surface area contributed by atoms with Crippen LogP contribution in [0.15, 0.2) is 54.6 Å².